The summed E-state index contributed by atoms with van der Waals surface area (Å²) in [4.78, 5) is 34.5. The molecule has 3 N–H and O–H groups in total. The van der Waals surface area contributed by atoms with Crippen LogP contribution >= 0.6 is 0 Å². The van der Waals surface area contributed by atoms with E-state index in [4.69, 9.17) is 19.9 Å². The standard InChI is InChI=1S/C15H27NO8.Li/c1-5-22-8-9-23-15(12(18)19,13(20)21)10(16)6-7-11(17)24-14(2,3)4;/h10H,5-9,16H2,1-4H3,(H,18,19)(H,20,21);/q;+1/p-1. The molecule has 0 spiro atoms. The van der Waals surface area contributed by atoms with Gasteiger partial charge in [-0.2, -0.15) is 0 Å². The molecule has 0 aliphatic carbocycles. The summed E-state index contributed by atoms with van der Waals surface area (Å²) in [5.41, 5.74) is 2.23. The summed E-state index contributed by atoms with van der Waals surface area (Å²) in [5.74, 6) is -4.40. The summed E-state index contributed by atoms with van der Waals surface area (Å²) in [6.45, 7) is 6.79. The van der Waals surface area contributed by atoms with Crippen LogP contribution in [0.25, 0.3) is 0 Å². The first-order chi connectivity index (χ1) is 11.0. The molecule has 0 aromatic heterocycles. The molecule has 0 radical (unpaired) electrons. The summed E-state index contributed by atoms with van der Waals surface area (Å²) < 4.78 is 15.0. The van der Waals surface area contributed by atoms with Gasteiger partial charge in [0.25, 0.3) is 0 Å². The molecule has 9 nitrogen and oxygen atoms in total. The molecule has 140 valence electrons. The van der Waals surface area contributed by atoms with E-state index < -0.39 is 35.2 Å². The number of carboxylic acid groups (broad SMARTS) is 2. The maximum absolute atomic E-state index is 11.7. The minimum Gasteiger partial charge on any atom is -0.546 e. The number of rotatable bonds is 11. The van der Waals surface area contributed by atoms with Crippen LogP contribution in [0.3, 0.4) is 0 Å². The molecule has 0 heterocycles. The number of aliphatic carboxylic acids is 2. The maximum atomic E-state index is 11.7. The molecule has 0 fully saturated rings. The molecule has 0 rings (SSSR count). The third-order valence-corrected chi connectivity index (χ3v) is 2.98. The van der Waals surface area contributed by atoms with E-state index in [1.807, 2.05) is 0 Å². The first-order valence-electron chi connectivity index (χ1n) is 7.61. The summed E-state index contributed by atoms with van der Waals surface area (Å²) in [6.07, 6.45) is -0.514. The van der Waals surface area contributed by atoms with E-state index in [1.54, 1.807) is 27.7 Å². The van der Waals surface area contributed by atoms with Crippen molar-refractivity contribution in [1.82, 2.24) is 0 Å². The van der Waals surface area contributed by atoms with Gasteiger partial charge in [-0.05, 0) is 34.1 Å². The van der Waals surface area contributed by atoms with Crippen LogP contribution < -0.4 is 29.7 Å². The van der Waals surface area contributed by atoms with Crippen molar-refractivity contribution in [2.45, 2.75) is 57.8 Å². The zero-order chi connectivity index (χ0) is 19.0. The minimum absolute atomic E-state index is 0. The second kappa shape index (κ2) is 11.5. The Morgan fingerprint density at radius 2 is 1.76 bits per heavy atom. The summed E-state index contributed by atoms with van der Waals surface area (Å²) >= 11 is 0. The second-order valence-electron chi connectivity index (χ2n) is 6.11. The van der Waals surface area contributed by atoms with Crippen molar-refractivity contribution in [3.63, 3.8) is 0 Å². The Hall–Kier alpha value is -1.11. The SMILES string of the molecule is CCOCCOC(C(=O)[O-])(C(=O)O)C(N)CCC(=O)OC(C)(C)C.[Li+]. The van der Waals surface area contributed by atoms with Gasteiger partial charge >= 0.3 is 30.8 Å². The second-order valence-corrected chi connectivity index (χ2v) is 6.11. The molecular weight excluding hydrogens is 329 g/mol. The number of carbonyl (C=O) groups excluding carboxylic acids is 2. The van der Waals surface area contributed by atoms with Gasteiger partial charge < -0.3 is 35.0 Å². The molecule has 2 unspecified atom stereocenters. The Morgan fingerprint density at radius 1 is 1.20 bits per heavy atom. The van der Waals surface area contributed by atoms with Crippen molar-refractivity contribution < 1.29 is 57.7 Å². The molecule has 0 aliphatic rings. The third kappa shape index (κ3) is 8.70. The van der Waals surface area contributed by atoms with Crippen LogP contribution in [0.4, 0.5) is 0 Å². The van der Waals surface area contributed by atoms with Crippen LogP contribution in [-0.2, 0) is 28.6 Å². The Labute approximate surface area is 159 Å². The molecule has 0 aliphatic heterocycles. The van der Waals surface area contributed by atoms with Gasteiger partial charge in [-0.25, -0.2) is 4.79 Å². The van der Waals surface area contributed by atoms with E-state index in [1.165, 1.54) is 0 Å². The van der Waals surface area contributed by atoms with Crippen LogP contribution in [0, 0.1) is 0 Å². The summed E-state index contributed by atoms with van der Waals surface area (Å²) in [6, 6.07) is -1.51. The first-order valence-corrected chi connectivity index (χ1v) is 7.61. The Kier molecular flexibility index (Phi) is 12.0. The molecular formula is C15H26LiNO8. The predicted octanol–water partition coefficient (Wildman–Crippen LogP) is -3.93. The fourth-order valence-electron chi connectivity index (χ4n) is 1.90. The average molecular weight is 355 g/mol. The normalized spacial score (nSPS) is 14.8. The van der Waals surface area contributed by atoms with E-state index in [9.17, 15) is 24.6 Å². The van der Waals surface area contributed by atoms with E-state index in [0.29, 0.717) is 6.61 Å². The van der Waals surface area contributed by atoms with Gasteiger partial charge in [-0.3, -0.25) is 4.79 Å². The van der Waals surface area contributed by atoms with Crippen molar-refractivity contribution in [3.05, 3.63) is 0 Å². The summed E-state index contributed by atoms with van der Waals surface area (Å²) in [7, 11) is 0. The largest absolute Gasteiger partial charge is 1.00 e. The Bertz CT molecular complexity index is 435. The van der Waals surface area contributed by atoms with Crippen LogP contribution in [0.2, 0.25) is 0 Å². The molecule has 10 heteroatoms. The van der Waals surface area contributed by atoms with Gasteiger partial charge in [0.05, 0.1) is 25.2 Å². The molecule has 0 saturated carbocycles. The van der Waals surface area contributed by atoms with Crippen molar-refractivity contribution in [2.75, 3.05) is 19.8 Å². The molecule has 0 saturated heterocycles. The molecule has 0 bridgehead atoms. The Morgan fingerprint density at radius 3 is 2.16 bits per heavy atom. The molecule has 0 amide bonds. The molecule has 25 heavy (non-hydrogen) atoms. The van der Waals surface area contributed by atoms with Crippen LogP contribution in [0.1, 0.15) is 40.5 Å². The van der Waals surface area contributed by atoms with Gasteiger partial charge in [0.15, 0.2) is 0 Å². The van der Waals surface area contributed by atoms with E-state index >= 15 is 0 Å². The van der Waals surface area contributed by atoms with E-state index in [2.05, 4.69) is 0 Å². The van der Waals surface area contributed by atoms with Crippen LogP contribution in [-0.4, -0.2) is 60.1 Å². The zero-order valence-electron chi connectivity index (χ0n) is 15.5. The third-order valence-electron chi connectivity index (χ3n) is 2.98. The number of hydrogen-bond acceptors (Lipinski definition) is 8. The molecule has 0 aromatic carbocycles. The van der Waals surface area contributed by atoms with E-state index in [-0.39, 0.29) is 44.9 Å². The minimum atomic E-state index is -2.76. The Balaban J connectivity index is 0. The molecule has 2 atom stereocenters. The van der Waals surface area contributed by atoms with Gasteiger partial charge in [0.1, 0.15) is 5.60 Å². The molecule has 0 aromatic rings. The maximum Gasteiger partial charge on any atom is 1.00 e. The number of nitrogens with two attached hydrogens (primary N) is 1. The van der Waals surface area contributed by atoms with Gasteiger partial charge in [-0.1, -0.05) is 0 Å². The van der Waals surface area contributed by atoms with Crippen LogP contribution in [0.15, 0.2) is 0 Å². The summed E-state index contributed by atoms with van der Waals surface area (Å²) in [5, 5.41) is 20.7. The number of hydrogen-bond donors (Lipinski definition) is 2. The fourth-order valence-corrected chi connectivity index (χ4v) is 1.90. The van der Waals surface area contributed by atoms with E-state index in [0.717, 1.165) is 0 Å². The van der Waals surface area contributed by atoms with Gasteiger partial charge in [0.2, 0.25) is 5.60 Å². The average Bonchev–Trinajstić information content (AvgIpc) is 2.42. The van der Waals surface area contributed by atoms with Crippen molar-refractivity contribution in [3.8, 4) is 0 Å². The topological polar surface area (TPSA) is 148 Å². The van der Waals surface area contributed by atoms with Crippen LogP contribution in [0.5, 0.6) is 0 Å². The fraction of sp³-hybridized carbons (Fsp3) is 0.800. The van der Waals surface area contributed by atoms with Crippen molar-refractivity contribution in [1.29, 1.82) is 0 Å². The predicted molar refractivity (Wildman–Crippen MR) is 80.9 cm³/mol. The smallest absolute Gasteiger partial charge is 0.546 e. The number of ether oxygens (including phenoxy) is 3. The van der Waals surface area contributed by atoms with Gasteiger partial charge in [-0.15, -0.1) is 0 Å². The number of esters is 1. The number of carboxylic acids is 2. The van der Waals surface area contributed by atoms with Gasteiger partial charge in [0, 0.05) is 13.0 Å². The first kappa shape index (κ1) is 26.1. The monoisotopic (exact) mass is 355 g/mol. The van der Waals surface area contributed by atoms with Crippen molar-refractivity contribution >= 4 is 17.9 Å². The number of carbonyl (C=O) groups is 3. The quantitative estimate of drug-likeness (QED) is 0.164. The zero-order valence-corrected chi connectivity index (χ0v) is 15.5. The van der Waals surface area contributed by atoms with Crippen molar-refractivity contribution in [2.24, 2.45) is 5.73 Å².